The van der Waals surface area contributed by atoms with Crippen molar-refractivity contribution in [2.45, 2.75) is 23.8 Å². The highest BCUT2D eigenvalue weighted by atomic mass is 32.2. The zero-order valence-electron chi connectivity index (χ0n) is 11.1. The van der Waals surface area contributed by atoms with E-state index >= 15 is 0 Å². The van der Waals surface area contributed by atoms with Crippen molar-refractivity contribution >= 4 is 20.8 Å². The number of aliphatic hydroxyl groups is 1. The molecule has 0 aromatic heterocycles. The average molecular weight is 291 g/mol. The first-order chi connectivity index (χ1) is 9.64. The summed E-state index contributed by atoms with van der Waals surface area (Å²) in [5, 5.41) is 11.0. The van der Waals surface area contributed by atoms with Crippen LogP contribution in [-0.4, -0.2) is 37.0 Å². The second kappa shape index (κ2) is 5.16. The zero-order chi connectivity index (χ0) is 14.2. The molecule has 1 aliphatic rings. The fourth-order valence-electron chi connectivity index (χ4n) is 2.86. The van der Waals surface area contributed by atoms with E-state index < -0.39 is 10.0 Å². The topological polar surface area (TPSA) is 57.6 Å². The second-order valence-corrected chi connectivity index (χ2v) is 6.93. The van der Waals surface area contributed by atoms with Gasteiger partial charge in [0.25, 0.3) is 0 Å². The Balaban J connectivity index is 2.14. The van der Waals surface area contributed by atoms with Crippen molar-refractivity contribution in [1.29, 1.82) is 0 Å². The van der Waals surface area contributed by atoms with Gasteiger partial charge in [-0.05, 0) is 24.3 Å². The Hall–Kier alpha value is -1.43. The molecule has 1 fully saturated rings. The van der Waals surface area contributed by atoms with Gasteiger partial charge in [0.2, 0.25) is 10.0 Å². The lowest BCUT2D eigenvalue weighted by Crippen LogP contribution is -2.37. The predicted octanol–water partition coefficient (Wildman–Crippen LogP) is 1.99. The van der Waals surface area contributed by atoms with Crippen molar-refractivity contribution in [2.75, 3.05) is 13.2 Å². The van der Waals surface area contributed by atoms with Gasteiger partial charge in [-0.25, -0.2) is 8.42 Å². The molecule has 1 atom stereocenters. The summed E-state index contributed by atoms with van der Waals surface area (Å²) in [6, 6.07) is 12.5. The second-order valence-electron chi connectivity index (χ2n) is 5.07. The van der Waals surface area contributed by atoms with Crippen LogP contribution in [0.3, 0.4) is 0 Å². The standard InChI is InChI=1S/C15H17NO3S/c17-11-13-7-4-10-16(13)20(18,19)15-9-3-6-12-5-1-2-8-14(12)15/h1-3,5-6,8-9,13,17H,4,7,10-11H2/t13-/m1/s1. The molecular weight excluding hydrogens is 274 g/mol. The number of nitrogens with zero attached hydrogens (tertiary/aromatic N) is 1. The summed E-state index contributed by atoms with van der Waals surface area (Å²) in [4.78, 5) is 0.330. The molecule has 0 spiro atoms. The molecule has 2 aromatic rings. The highest BCUT2D eigenvalue weighted by Crippen LogP contribution is 2.30. The van der Waals surface area contributed by atoms with Crippen LogP contribution >= 0.6 is 0 Å². The van der Waals surface area contributed by atoms with E-state index in [1.54, 1.807) is 12.1 Å². The lowest BCUT2D eigenvalue weighted by atomic mass is 10.1. The number of benzene rings is 2. The van der Waals surface area contributed by atoms with Crippen LogP contribution in [0.2, 0.25) is 0 Å². The number of hydrogen-bond donors (Lipinski definition) is 1. The number of hydrogen-bond acceptors (Lipinski definition) is 3. The summed E-state index contributed by atoms with van der Waals surface area (Å²) >= 11 is 0. The molecule has 0 unspecified atom stereocenters. The van der Waals surface area contributed by atoms with Gasteiger partial charge in [0, 0.05) is 18.0 Å². The Labute approximate surface area is 118 Å². The quantitative estimate of drug-likeness (QED) is 0.941. The molecule has 0 saturated carbocycles. The van der Waals surface area contributed by atoms with Crippen LogP contribution in [0, 0.1) is 0 Å². The maximum absolute atomic E-state index is 12.8. The van der Waals surface area contributed by atoms with E-state index in [1.807, 2.05) is 30.3 Å². The van der Waals surface area contributed by atoms with E-state index in [1.165, 1.54) is 4.31 Å². The van der Waals surface area contributed by atoms with Crippen molar-refractivity contribution < 1.29 is 13.5 Å². The van der Waals surface area contributed by atoms with E-state index in [0.717, 1.165) is 23.6 Å². The van der Waals surface area contributed by atoms with Gasteiger partial charge in [0.15, 0.2) is 0 Å². The van der Waals surface area contributed by atoms with E-state index in [4.69, 9.17) is 0 Å². The molecular formula is C15H17NO3S. The molecule has 1 saturated heterocycles. The molecule has 0 radical (unpaired) electrons. The first-order valence-corrected chi connectivity index (χ1v) is 8.19. The van der Waals surface area contributed by atoms with Crippen molar-refractivity contribution in [3.05, 3.63) is 42.5 Å². The van der Waals surface area contributed by atoms with Gasteiger partial charge in [-0.3, -0.25) is 0 Å². The fraction of sp³-hybridized carbons (Fsp3) is 0.333. The largest absolute Gasteiger partial charge is 0.395 e. The van der Waals surface area contributed by atoms with Crippen molar-refractivity contribution in [2.24, 2.45) is 0 Å². The van der Waals surface area contributed by atoms with Gasteiger partial charge in [-0.2, -0.15) is 4.31 Å². The number of sulfonamides is 1. The smallest absolute Gasteiger partial charge is 0.244 e. The Bertz CT molecular complexity index is 721. The maximum Gasteiger partial charge on any atom is 0.244 e. The lowest BCUT2D eigenvalue weighted by Gasteiger charge is -2.23. The molecule has 20 heavy (non-hydrogen) atoms. The Morgan fingerprint density at radius 2 is 1.90 bits per heavy atom. The molecule has 1 aliphatic heterocycles. The lowest BCUT2D eigenvalue weighted by molar-refractivity contribution is 0.213. The SMILES string of the molecule is O=S(=O)(c1cccc2ccccc12)N1CCC[C@@H]1CO. The van der Waals surface area contributed by atoms with Gasteiger partial charge in [-0.15, -0.1) is 0 Å². The molecule has 1 heterocycles. The molecule has 1 N–H and O–H groups in total. The third-order valence-corrected chi connectivity index (χ3v) is 5.88. The average Bonchev–Trinajstić information content (AvgIpc) is 2.96. The minimum atomic E-state index is -3.55. The van der Waals surface area contributed by atoms with Crippen molar-refractivity contribution in [3.8, 4) is 0 Å². The molecule has 106 valence electrons. The normalized spacial score (nSPS) is 20.6. The van der Waals surface area contributed by atoms with Crippen molar-refractivity contribution in [1.82, 2.24) is 4.31 Å². The molecule has 0 bridgehead atoms. The summed E-state index contributed by atoms with van der Waals surface area (Å²) in [5.74, 6) is 0. The van der Waals surface area contributed by atoms with E-state index in [9.17, 15) is 13.5 Å². The zero-order valence-corrected chi connectivity index (χ0v) is 11.9. The first-order valence-electron chi connectivity index (χ1n) is 6.75. The summed E-state index contributed by atoms with van der Waals surface area (Å²) < 4.78 is 27.1. The van der Waals surface area contributed by atoms with Gasteiger partial charge in [-0.1, -0.05) is 36.4 Å². The molecule has 0 aliphatic carbocycles. The first kappa shape index (κ1) is 13.5. The molecule has 4 nitrogen and oxygen atoms in total. The Kier molecular flexibility index (Phi) is 3.50. The monoisotopic (exact) mass is 291 g/mol. The Morgan fingerprint density at radius 3 is 2.70 bits per heavy atom. The van der Waals surface area contributed by atoms with Crippen LogP contribution in [-0.2, 0) is 10.0 Å². The van der Waals surface area contributed by atoms with Gasteiger partial charge in [0.1, 0.15) is 0 Å². The summed E-state index contributed by atoms with van der Waals surface area (Å²) in [5.41, 5.74) is 0. The molecule has 3 rings (SSSR count). The Morgan fingerprint density at radius 1 is 1.15 bits per heavy atom. The van der Waals surface area contributed by atoms with Gasteiger partial charge >= 0.3 is 0 Å². The maximum atomic E-state index is 12.8. The molecule has 5 heteroatoms. The predicted molar refractivity (Wildman–Crippen MR) is 77.9 cm³/mol. The fourth-order valence-corrected chi connectivity index (χ4v) is 4.76. The van der Waals surface area contributed by atoms with Crippen LogP contribution in [0.1, 0.15) is 12.8 Å². The molecule has 0 amide bonds. The minimum absolute atomic E-state index is 0.121. The van der Waals surface area contributed by atoms with Gasteiger partial charge < -0.3 is 5.11 Å². The number of fused-ring (bicyclic) bond motifs is 1. The van der Waals surface area contributed by atoms with E-state index in [0.29, 0.717) is 11.4 Å². The highest BCUT2D eigenvalue weighted by molar-refractivity contribution is 7.89. The van der Waals surface area contributed by atoms with Crippen LogP contribution in [0.4, 0.5) is 0 Å². The third-order valence-electron chi connectivity index (χ3n) is 3.87. The van der Waals surface area contributed by atoms with Crippen molar-refractivity contribution in [3.63, 3.8) is 0 Å². The third kappa shape index (κ3) is 2.12. The summed E-state index contributed by atoms with van der Waals surface area (Å²) in [7, 11) is -3.55. The van der Waals surface area contributed by atoms with Gasteiger partial charge in [0.05, 0.1) is 11.5 Å². The van der Waals surface area contributed by atoms with Crippen LogP contribution in [0.5, 0.6) is 0 Å². The number of aliphatic hydroxyl groups excluding tert-OH is 1. The van der Waals surface area contributed by atoms with Crippen LogP contribution in [0.15, 0.2) is 47.4 Å². The number of rotatable bonds is 3. The van der Waals surface area contributed by atoms with Crippen LogP contribution < -0.4 is 0 Å². The summed E-state index contributed by atoms with van der Waals surface area (Å²) in [6.45, 7) is 0.362. The van der Waals surface area contributed by atoms with Crippen LogP contribution in [0.25, 0.3) is 10.8 Å². The van der Waals surface area contributed by atoms with E-state index in [-0.39, 0.29) is 12.6 Å². The van der Waals surface area contributed by atoms with E-state index in [2.05, 4.69) is 0 Å². The summed E-state index contributed by atoms with van der Waals surface area (Å²) in [6.07, 6.45) is 1.52. The minimum Gasteiger partial charge on any atom is -0.395 e. The highest BCUT2D eigenvalue weighted by Gasteiger charge is 2.35. The molecule has 2 aromatic carbocycles.